The monoisotopic (exact) mass is 186 g/mol. The third-order valence-electron chi connectivity index (χ3n) is 2.61. The molecule has 0 bridgehead atoms. The van der Waals surface area contributed by atoms with E-state index in [-0.39, 0.29) is 18.6 Å². The van der Waals surface area contributed by atoms with Gasteiger partial charge in [0.15, 0.2) is 0 Å². The standard InChI is InChI=1S/C9H18N2O2/c1-10-9(13)4-6-11-5-2-3-8(11)7-12/h8,12H,2-7H2,1H3,(H,10,13)/t8-/m1/s1. The topological polar surface area (TPSA) is 52.6 Å². The molecule has 1 aliphatic rings. The summed E-state index contributed by atoms with van der Waals surface area (Å²) < 4.78 is 0. The summed E-state index contributed by atoms with van der Waals surface area (Å²) in [5.41, 5.74) is 0. The first kappa shape index (κ1) is 10.5. The second-order valence-electron chi connectivity index (χ2n) is 3.44. The fourth-order valence-electron chi connectivity index (χ4n) is 1.77. The summed E-state index contributed by atoms with van der Waals surface area (Å²) in [5, 5.41) is 11.6. The van der Waals surface area contributed by atoms with Crippen LogP contribution in [-0.2, 0) is 4.79 Å². The van der Waals surface area contributed by atoms with Gasteiger partial charge in [-0.1, -0.05) is 0 Å². The Balaban J connectivity index is 2.23. The molecule has 0 saturated carbocycles. The molecule has 0 spiro atoms. The molecule has 1 rings (SSSR count). The van der Waals surface area contributed by atoms with Gasteiger partial charge in [-0.2, -0.15) is 0 Å². The lowest BCUT2D eigenvalue weighted by molar-refractivity contribution is -0.121. The summed E-state index contributed by atoms with van der Waals surface area (Å²) in [6.07, 6.45) is 2.73. The summed E-state index contributed by atoms with van der Waals surface area (Å²) in [4.78, 5) is 13.2. The number of nitrogens with zero attached hydrogens (tertiary/aromatic N) is 1. The first-order valence-electron chi connectivity index (χ1n) is 4.83. The molecule has 0 unspecified atom stereocenters. The number of amides is 1. The van der Waals surface area contributed by atoms with Gasteiger partial charge in [0.25, 0.3) is 0 Å². The van der Waals surface area contributed by atoms with Gasteiger partial charge in [0.1, 0.15) is 0 Å². The number of likely N-dealkylation sites (tertiary alicyclic amines) is 1. The average Bonchev–Trinajstić information content (AvgIpc) is 2.61. The van der Waals surface area contributed by atoms with Crippen molar-refractivity contribution in [1.29, 1.82) is 0 Å². The van der Waals surface area contributed by atoms with Crippen LogP contribution in [0.2, 0.25) is 0 Å². The van der Waals surface area contributed by atoms with Crippen LogP contribution in [0, 0.1) is 0 Å². The molecule has 1 fully saturated rings. The number of hydrogen-bond acceptors (Lipinski definition) is 3. The molecule has 0 aromatic carbocycles. The van der Waals surface area contributed by atoms with Crippen LogP contribution in [0.3, 0.4) is 0 Å². The van der Waals surface area contributed by atoms with Gasteiger partial charge in [0.05, 0.1) is 6.61 Å². The normalized spacial score (nSPS) is 23.4. The maximum absolute atomic E-state index is 11.0. The minimum Gasteiger partial charge on any atom is -0.395 e. The van der Waals surface area contributed by atoms with E-state index in [1.54, 1.807) is 7.05 Å². The van der Waals surface area contributed by atoms with Gasteiger partial charge in [-0.25, -0.2) is 0 Å². The molecular formula is C9H18N2O2. The Labute approximate surface area is 78.9 Å². The zero-order valence-electron chi connectivity index (χ0n) is 8.12. The Hall–Kier alpha value is -0.610. The van der Waals surface area contributed by atoms with Crippen molar-refractivity contribution in [2.24, 2.45) is 0 Å². The lowest BCUT2D eigenvalue weighted by atomic mass is 10.2. The predicted molar refractivity (Wildman–Crippen MR) is 50.4 cm³/mol. The summed E-state index contributed by atoms with van der Waals surface area (Å²) in [7, 11) is 1.65. The average molecular weight is 186 g/mol. The smallest absolute Gasteiger partial charge is 0.221 e. The molecular weight excluding hydrogens is 168 g/mol. The van der Waals surface area contributed by atoms with Crippen molar-refractivity contribution >= 4 is 5.91 Å². The van der Waals surface area contributed by atoms with Crippen molar-refractivity contribution in [2.75, 3.05) is 26.7 Å². The van der Waals surface area contributed by atoms with Gasteiger partial charge in [-0.15, -0.1) is 0 Å². The molecule has 1 atom stereocenters. The fourth-order valence-corrected chi connectivity index (χ4v) is 1.77. The highest BCUT2D eigenvalue weighted by Crippen LogP contribution is 2.16. The van der Waals surface area contributed by atoms with E-state index in [1.807, 2.05) is 0 Å². The molecule has 2 N–H and O–H groups in total. The highest BCUT2D eigenvalue weighted by Gasteiger charge is 2.23. The highest BCUT2D eigenvalue weighted by molar-refractivity contribution is 5.75. The zero-order valence-corrected chi connectivity index (χ0v) is 8.12. The van der Waals surface area contributed by atoms with Crippen molar-refractivity contribution < 1.29 is 9.90 Å². The number of carbonyl (C=O) groups excluding carboxylic acids is 1. The van der Waals surface area contributed by atoms with E-state index in [4.69, 9.17) is 5.11 Å². The predicted octanol–water partition coefficient (Wildman–Crippen LogP) is -0.421. The fraction of sp³-hybridized carbons (Fsp3) is 0.889. The second kappa shape index (κ2) is 5.19. The van der Waals surface area contributed by atoms with Crippen LogP contribution in [0.25, 0.3) is 0 Å². The summed E-state index contributed by atoms with van der Waals surface area (Å²) in [5.74, 6) is 0.0728. The van der Waals surface area contributed by atoms with Crippen LogP contribution in [0.1, 0.15) is 19.3 Å². The molecule has 0 aromatic rings. The van der Waals surface area contributed by atoms with E-state index in [9.17, 15) is 4.79 Å². The van der Waals surface area contributed by atoms with Crippen molar-refractivity contribution in [2.45, 2.75) is 25.3 Å². The van der Waals surface area contributed by atoms with Gasteiger partial charge < -0.3 is 10.4 Å². The number of hydrogen-bond donors (Lipinski definition) is 2. The van der Waals surface area contributed by atoms with Crippen LogP contribution in [0.5, 0.6) is 0 Å². The zero-order chi connectivity index (χ0) is 9.68. The maximum atomic E-state index is 11.0. The first-order chi connectivity index (χ1) is 6.27. The molecule has 0 aromatic heterocycles. The molecule has 1 saturated heterocycles. The van der Waals surface area contributed by atoms with Gasteiger partial charge >= 0.3 is 0 Å². The van der Waals surface area contributed by atoms with Crippen LogP contribution in [-0.4, -0.2) is 48.7 Å². The van der Waals surface area contributed by atoms with E-state index in [0.29, 0.717) is 6.42 Å². The van der Waals surface area contributed by atoms with E-state index in [1.165, 1.54) is 0 Å². The molecule has 0 aliphatic carbocycles. The Morgan fingerprint density at radius 1 is 1.69 bits per heavy atom. The molecule has 1 aliphatic heterocycles. The van der Waals surface area contributed by atoms with Crippen LogP contribution in [0.4, 0.5) is 0 Å². The largest absolute Gasteiger partial charge is 0.395 e. The first-order valence-corrected chi connectivity index (χ1v) is 4.83. The Morgan fingerprint density at radius 2 is 2.46 bits per heavy atom. The van der Waals surface area contributed by atoms with Crippen LogP contribution < -0.4 is 5.32 Å². The molecule has 76 valence electrons. The van der Waals surface area contributed by atoms with Crippen molar-refractivity contribution in [3.05, 3.63) is 0 Å². The Morgan fingerprint density at radius 3 is 3.08 bits per heavy atom. The molecule has 1 heterocycles. The highest BCUT2D eigenvalue weighted by atomic mass is 16.3. The number of rotatable bonds is 4. The van der Waals surface area contributed by atoms with Crippen molar-refractivity contribution in [3.8, 4) is 0 Å². The third kappa shape index (κ3) is 2.97. The van der Waals surface area contributed by atoms with Gasteiger partial charge in [-0.05, 0) is 19.4 Å². The molecule has 0 radical (unpaired) electrons. The Bertz CT molecular complexity index is 173. The summed E-state index contributed by atoms with van der Waals surface area (Å²) in [6.45, 7) is 2.00. The molecule has 13 heavy (non-hydrogen) atoms. The van der Waals surface area contributed by atoms with Gasteiger partial charge in [-0.3, -0.25) is 9.69 Å². The van der Waals surface area contributed by atoms with E-state index in [2.05, 4.69) is 10.2 Å². The lowest BCUT2D eigenvalue weighted by Gasteiger charge is -2.21. The second-order valence-corrected chi connectivity index (χ2v) is 3.44. The van der Waals surface area contributed by atoms with Gasteiger partial charge in [0, 0.05) is 26.1 Å². The molecule has 4 nitrogen and oxygen atoms in total. The lowest BCUT2D eigenvalue weighted by Crippen LogP contribution is -2.35. The summed E-state index contributed by atoms with van der Waals surface area (Å²) >= 11 is 0. The number of carbonyl (C=O) groups is 1. The Kier molecular flexibility index (Phi) is 4.18. The maximum Gasteiger partial charge on any atom is 0.221 e. The molecule has 1 amide bonds. The van der Waals surface area contributed by atoms with Crippen LogP contribution in [0.15, 0.2) is 0 Å². The van der Waals surface area contributed by atoms with E-state index < -0.39 is 0 Å². The van der Waals surface area contributed by atoms with Crippen molar-refractivity contribution in [1.82, 2.24) is 10.2 Å². The summed E-state index contributed by atoms with van der Waals surface area (Å²) in [6, 6.07) is 0.282. The van der Waals surface area contributed by atoms with E-state index in [0.717, 1.165) is 25.9 Å². The van der Waals surface area contributed by atoms with Gasteiger partial charge in [0.2, 0.25) is 5.91 Å². The SMILES string of the molecule is CNC(=O)CCN1CCC[C@@H]1CO. The minimum atomic E-state index is 0.0728. The van der Waals surface area contributed by atoms with E-state index >= 15 is 0 Å². The quantitative estimate of drug-likeness (QED) is 0.627. The molecule has 4 heteroatoms. The number of aliphatic hydroxyl groups excluding tert-OH is 1. The van der Waals surface area contributed by atoms with Crippen molar-refractivity contribution in [3.63, 3.8) is 0 Å². The van der Waals surface area contributed by atoms with Crippen LogP contribution >= 0.6 is 0 Å². The number of nitrogens with one attached hydrogen (secondary N) is 1. The third-order valence-corrected chi connectivity index (χ3v) is 2.61. The minimum absolute atomic E-state index is 0.0728. The number of aliphatic hydroxyl groups is 1.